The Labute approximate surface area is 498 Å². The summed E-state index contributed by atoms with van der Waals surface area (Å²) in [5, 5.41) is 0. The number of carbonyl (C=O) groups excluding carboxylic acids is 3. The van der Waals surface area contributed by atoms with Gasteiger partial charge in [-0.15, -0.1) is 0 Å². The lowest BCUT2D eigenvalue weighted by atomic mass is 10.0. The first-order valence-electron chi connectivity index (χ1n) is 35.3. The van der Waals surface area contributed by atoms with Crippen molar-refractivity contribution in [2.24, 2.45) is 0 Å². The topological polar surface area (TPSA) is 78.9 Å². The van der Waals surface area contributed by atoms with E-state index in [0.29, 0.717) is 19.3 Å². The second kappa shape index (κ2) is 68.6. The predicted octanol–water partition coefficient (Wildman–Crippen LogP) is 24.3. The third-order valence-electron chi connectivity index (χ3n) is 15.7. The minimum absolute atomic E-state index is 0.0756. The largest absolute Gasteiger partial charge is 0.462 e. The average molecular weight is 1120 g/mol. The number of ether oxygens (including phenoxy) is 3. The van der Waals surface area contributed by atoms with Crippen LogP contribution >= 0.6 is 0 Å². The molecule has 0 N–H and O–H groups in total. The Hall–Kier alpha value is -2.89. The number of carbonyl (C=O) groups is 3. The summed E-state index contributed by atoms with van der Waals surface area (Å²) in [4.78, 5) is 38.3. The number of rotatable bonds is 65. The standard InChI is InChI=1S/C74H134O6/c1-4-7-10-13-16-19-22-24-26-28-30-32-34-36-37-39-40-42-44-46-48-50-52-55-58-61-64-67-73(76)79-70-71(69-78-72(75)66-63-60-57-54-21-18-15-12-9-6-3)80-74(77)68-65-62-59-56-53-51-49-47-45-43-41-38-35-33-31-29-27-25-23-20-17-14-11-8-5-2/h12,15,23,25,28-31,35,38,71H,4-11,13-14,16-22,24,26-27,32-34,36-37,39-70H2,1-3H3/b15-12-,25-23-,30-28-,31-29-,38-35-. The molecule has 1 atom stereocenters. The molecule has 0 aromatic rings. The quantitative estimate of drug-likeness (QED) is 0.0261. The first-order valence-corrected chi connectivity index (χ1v) is 35.3. The van der Waals surface area contributed by atoms with Gasteiger partial charge in [-0.2, -0.15) is 0 Å². The van der Waals surface area contributed by atoms with Crippen LogP contribution in [-0.4, -0.2) is 37.2 Å². The van der Waals surface area contributed by atoms with Crippen molar-refractivity contribution in [2.45, 2.75) is 380 Å². The summed E-state index contributed by atoms with van der Waals surface area (Å²) in [5.74, 6) is -0.871. The van der Waals surface area contributed by atoms with Crippen molar-refractivity contribution in [1.82, 2.24) is 0 Å². The third-order valence-corrected chi connectivity index (χ3v) is 15.7. The van der Waals surface area contributed by atoms with Gasteiger partial charge in [0.2, 0.25) is 0 Å². The van der Waals surface area contributed by atoms with E-state index in [1.165, 1.54) is 250 Å². The molecule has 0 saturated heterocycles. The van der Waals surface area contributed by atoms with E-state index in [1.54, 1.807) is 0 Å². The summed E-state index contributed by atoms with van der Waals surface area (Å²) in [5.41, 5.74) is 0. The highest BCUT2D eigenvalue weighted by atomic mass is 16.6. The molecule has 0 rings (SSSR count). The predicted molar refractivity (Wildman–Crippen MR) is 348 cm³/mol. The maximum Gasteiger partial charge on any atom is 0.306 e. The second-order valence-corrected chi connectivity index (χ2v) is 23.8. The van der Waals surface area contributed by atoms with Crippen LogP contribution in [0.25, 0.3) is 0 Å². The summed E-state index contributed by atoms with van der Waals surface area (Å²) in [6.45, 7) is 6.61. The van der Waals surface area contributed by atoms with E-state index in [4.69, 9.17) is 14.2 Å². The van der Waals surface area contributed by atoms with E-state index in [9.17, 15) is 14.4 Å². The molecule has 0 amide bonds. The monoisotopic (exact) mass is 1120 g/mol. The van der Waals surface area contributed by atoms with E-state index in [0.717, 1.165) is 83.5 Å². The number of hydrogen-bond donors (Lipinski definition) is 0. The minimum atomic E-state index is -0.780. The molecule has 0 aliphatic heterocycles. The van der Waals surface area contributed by atoms with Crippen molar-refractivity contribution < 1.29 is 28.6 Å². The van der Waals surface area contributed by atoms with Gasteiger partial charge in [0.15, 0.2) is 6.10 Å². The van der Waals surface area contributed by atoms with Crippen molar-refractivity contribution in [3.8, 4) is 0 Å². The van der Waals surface area contributed by atoms with E-state index in [2.05, 4.69) is 81.5 Å². The Morgan fingerprint density at radius 1 is 0.250 bits per heavy atom. The smallest absolute Gasteiger partial charge is 0.306 e. The molecule has 0 saturated carbocycles. The fourth-order valence-electron chi connectivity index (χ4n) is 10.4. The molecule has 0 aromatic carbocycles. The molecule has 0 spiro atoms. The van der Waals surface area contributed by atoms with Crippen LogP contribution in [0.3, 0.4) is 0 Å². The molecule has 0 aliphatic rings. The molecule has 0 fully saturated rings. The summed E-state index contributed by atoms with van der Waals surface area (Å²) in [6.07, 6.45) is 88.3. The van der Waals surface area contributed by atoms with Gasteiger partial charge in [0, 0.05) is 19.3 Å². The van der Waals surface area contributed by atoms with Crippen LogP contribution in [0.1, 0.15) is 374 Å². The van der Waals surface area contributed by atoms with Gasteiger partial charge in [0.25, 0.3) is 0 Å². The zero-order chi connectivity index (χ0) is 57.8. The molecule has 6 nitrogen and oxygen atoms in total. The summed E-state index contributed by atoms with van der Waals surface area (Å²) in [7, 11) is 0. The fraction of sp³-hybridized carbons (Fsp3) is 0.824. The highest BCUT2D eigenvalue weighted by molar-refractivity contribution is 5.71. The molecule has 0 heterocycles. The molecule has 6 heteroatoms. The van der Waals surface area contributed by atoms with Gasteiger partial charge in [-0.25, -0.2) is 0 Å². The van der Waals surface area contributed by atoms with E-state index in [1.807, 2.05) is 0 Å². The zero-order valence-corrected chi connectivity index (χ0v) is 53.6. The van der Waals surface area contributed by atoms with Crippen molar-refractivity contribution >= 4 is 17.9 Å². The molecular weight excluding hydrogens is 985 g/mol. The highest BCUT2D eigenvalue weighted by Gasteiger charge is 2.19. The van der Waals surface area contributed by atoms with Crippen LogP contribution in [0, 0.1) is 0 Å². The minimum Gasteiger partial charge on any atom is -0.462 e. The van der Waals surface area contributed by atoms with Crippen LogP contribution in [0.5, 0.6) is 0 Å². The molecule has 1 unspecified atom stereocenters. The maximum absolute atomic E-state index is 12.9. The molecule has 80 heavy (non-hydrogen) atoms. The van der Waals surface area contributed by atoms with E-state index in [-0.39, 0.29) is 31.1 Å². The van der Waals surface area contributed by atoms with Crippen LogP contribution in [0.2, 0.25) is 0 Å². The lowest BCUT2D eigenvalue weighted by Crippen LogP contribution is -2.30. The van der Waals surface area contributed by atoms with Crippen LogP contribution in [-0.2, 0) is 28.6 Å². The SMILES string of the molecule is CCC/C=C\CCCCCCCC(=O)OCC(COC(=O)CCCCCCCCCCCCCCCCC/C=C\CCCCCCCCCC)OC(=O)CCCCCCCCCCCC/C=C\C/C=C\C/C=C\CCCCCCC. The van der Waals surface area contributed by atoms with E-state index < -0.39 is 6.10 Å². The van der Waals surface area contributed by atoms with Gasteiger partial charge in [-0.3, -0.25) is 14.4 Å². The number of esters is 3. The zero-order valence-electron chi connectivity index (χ0n) is 53.6. The van der Waals surface area contributed by atoms with Crippen molar-refractivity contribution in [1.29, 1.82) is 0 Å². The van der Waals surface area contributed by atoms with Gasteiger partial charge in [0.1, 0.15) is 13.2 Å². The highest BCUT2D eigenvalue weighted by Crippen LogP contribution is 2.18. The van der Waals surface area contributed by atoms with Gasteiger partial charge >= 0.3 is 17.9 Å². The lowest BCUT2D eigenvalue weighted by molar-refractivity contribution is -0.167. The Morgan fingerprint density at radius 2 is 0.475 bits per heavy atom. The van der Waals surface area contributed by atoms with Gasteiger partial charge in [-0.05, 0) is 103 Å². The van der Waals surface area contributed by atoms with Crippen LogP contribution in [0.15, 0.2) is 60.8 Å². The first-order chi connectivity index (χ1) is 39.5. The van der Waals surface area contributed by atoms with E-state index >= 15 is 0 Å². The maximum atomic E-state index is 12.9. The number of unbranched alkanes of at least 4 members (excludes halogenated alkanes) is 44. The number of allylic oxidation sites excluding steroid dienone is 10. The Bertz CT molecular complexity index is 1430. The van der Waals surface area contributed by atoms with Crippen molar-refractivity contribution in [3.63, 3.8) is 0 Å². The average Bonchev–Trinajstić information content (AvgIpc) is 3.46. The molecule has 0 bridgehead atoms. The second-order valence-electron chi connectivity index (χ2n) is 23.8. The molecule has 0 aromatic heterocycles. The lowest BCUT2D eigenvalue weighted by Gasteiger charge is -2.18. The molecule has 466 valence electrons. The first kappa shape index (κ1) is 77.1. The number of hydrogen-bond acceptors (Lipinski definition) is 6. The van der Waals surface area contributed by atoms with Crippen molar-refractivity contribution in [2.75, 3.05) is 13.2 Å². The van der Waals surface area contributed by atoms with Gasteiger partial charge in [-0.1, -0.05) is 313 Å². The van der Waals surface area contributed by atoms with Crippen molar-refractivity contribution in [3.05, 3.63) is 60.8 Å². The van der Waals surface area contributed by atoms with Gasteiger partial charge < -0.3 is 14.2 Å². The molecule has 0 aliphatic carbocycles. The Balaban J connectivity index is 4.17. The third kappa shape index (κ3) is 65.9. The Morgan fingerprint density at radius 3 is 0.762 bits per heavy atom. The summed E-state index contributed by atoms with van der Waals surface area (Å²) in [6, 6.07) is 0. The van der Waals surface area contributed by atoms with Crippen LogP contribution in [0.4, 0.5) is 0 Å². The normalized spacial score (nSPS) is 12.4. The fourth-order valence-corrected chi connectivity index (χ4v) is 10.4. The molecular formula is C74H134O6. The van der Waals surface area contributed by atoms with Crippen LogP contribution < -0.4 is 0 Å². The van der Waals surface area contributed by atoms with Gasteiger partial charge in [0.05, 0.1) is 0 Å². The molecule has 0 radical (unpaired) electrons. The Kier molecular flexibility index (Phi) is 66.1. The summed E-state index contributed by atoms with van der Waals surface area (Å²) < 4.78 is 16.9. The summed E-state index contributed by atoms with van der Waals surface area (Å²) >= 11 is 0.